The van der Waals surface area contributed by atoms with Crippen LogP contribution in [0.3, 0.4) is 0 Å². The molecule has 0 amide bonds. The Kier molecular flexibility index (Phi) is 38.3. The van der Waals surface area contributed by atoms with Gasteiger partial charge in [0, 0.05) is 13.0 Å². The van der Waals surface area contributed by atoms with Gasteiger partial charge in [-0.25, -0.2) is 4.18 Å². The molecule has 61 heavy (non-hydrogen) atoms. The van der Waals surface area contributed by atoms with E-state index in [4.69, 9.17) is 23.5 Å². The van der Waals surface area contributed by atoms with Crippen LogP contribution in [0.5, 0.6) is 0 Å². The Hall–Kier alpha value is -1.16. The molecule has 6 unspecified atom stereocenters. The molecule has 1 aliphatic rings. The molecule has 1 aliphatic heterocycles. The summed E-state index contributed by atoms with van der Waals surface area (Å²) in [6.45, 7) is 3.98. The van der Waals surface area contributed by atoms with Crippen molar-refractivity contribution in [3.8, 4) is 0 Å². The highest BCUT2D eigenvalue weighted by Crippen LogP contribution is 2.26. The summed E-state index contributed by atoms with van der Waals surface area (Å²) in [6.07, 6.45) is 35.5. The van der Waals surface area contributed by atoms with Gasteiger partial charge in [0.15, 0.2) is 6.29 Å². The lowest BCUT2D eigenvalue weighted by Gasteiger charge is -2.41. The first-order valence-corrected chi connectivity index (χ1v) is 26.3. The van der Waals surface area contributed by atoms with Crippen molar-refractivity contribution in [3.63, 3.8) is 0 Å². The van der Waals surface area contributed by atoms with Crippen LogP contribution in [0.2, 0.25) is 0 Å². The minimum Gasteiger partial charge on any atom is -0.457 e. The maximum Gasteiger partial charge on any atom is 0.397 e. The van der Waals surface area contributed by atoms with Crippen molar-refractivity contribution in [2.24, 2.45) is 0 Å². The number of esters is 1. The predicted molar refractivity (Wildman–Crippen MR) is 244 cm³/mol. The van der Waals surface area contributed by atoms with Crippen molar-refractivity contribution in [1.29, 1.82) is 0 Å². The summed E-state index contributed by atoms with van der Waals surface area (Å²) in [7, 11) is -5.06. The third kappa shape index (κ3) is 33.9. The highest BCUT2D eigenvalue weighted by atomic mass is 32.3. The molecule has 0 aromatic carbocycles. The molecule has 1 heterocycles. The third-order valence-electron chi connectivity index (χ3n) is 11.6. The van der Waals surface area contributed by atoms with Crippen LogP contribution in [0.25, 0.3) is 0 Å². The van der Waals surface area contributed by atoms with Crippen molar-refractivity contribution in [2.75, 3.05) is 26.4 Å². The van der Waals surface area contributed by atoms with Crippen LogP contribution in [0.1, 0.15) is 226 Å². The monoisotopic (exact) mass is 893 g/mol. The second-order valence-corrected chi connectivity index (χ2v) is 18.5. The zero-order valence-corrected chi connectivity index (χ0v) is 39.6. The molecule has 0 spiro atoms. The number of allylic oxidation sites excluding steroid dienone is 2. The number of hydrogen-bond donors (Lipinski definition) is 4. The van der Waals surface area contributed by atoms with E-state index in [1.54, 1.807) is 0 Å². The SMILES string of the molecule is CCCC/C=C\CCCCCCCC(=O)OC(COCCCCCCCCCCCCCCCCCCCCCCCCC)COC1OC(CO)C(O)C(OS(=O)(=O)O)C1O. The fourth-order valence-corrected chi connectivity index (χ4v) is 8.34. The molecule has 0 aromatic heterocycles. The summed E-state index contributed by atoms with van der Waals surface area (Å²) in [5.74, 6) is -0.406. The molecule has 0 saturated carbocycles. The molecule has 0 radical (unpaired) electrons. The summed E-state index contributed by atoms with van der Waals surface area (Å²) in [4.78, 5) is 12.8. The topological polar surface area (TPSA) is 178 Å². The fourth-order valence-electron chi connectivity index (χ4n) is 7.83. The molecule has 0 aromatic rings. The summed E-state index contributed by atoms with van der Waals surface area (Å²) >= 11 is 0. The van der Waals surface area contributed by atoms with E-state index in [0.717, 1.165) is 57.8 Å². The molecule has 0 aliphatic carbocycles. The molecule has 1 saturated heterocycles. The number of aliphatic hydroxyl groups excluding tert-OH is 3. The maximum atomic E-state index is 12.8. The quantitative estimate of drug-likeness (QED) is 0.0197. The Morgan fingerprint density at radius 1 is 0.607 bits per heavy atom. The number of hydrogen-bond acceptors (Lipinski definition) is 11. The number of aliphatic hydroxyl groups is 3. The van der Waals surface area contributed by atoms with E-state index in [0.29, 0.717) is 13.0 Å². The van der Waals surface area contributed by atoms with Gasteiger partial charge in [0.2, 0.25) is 0 Å². The molecule has 6 atom stereocenters. The number of unbranched alkanes of at least 4 members (excludes halogenated alkanes) is 29. The van der Waals surface area contributed by atoms with Gasteiger partial charge in [-0.1, -0.05) is 199 Å². The molecular weight excluding hydrogens is 801 g/mol. The van der Waals surface area contributed by atoms with Gasteiger partial charge in [-0.05, 0) is 32.1 Å². The fraction of sp³-hybridized carbons (Fsp3) is 0.938. The van der Waals surface area contributed by atoms with Crippen LogP contribution in [-0.4, -0.2) is 97.5 Å². The van der Waals surface area contributed by atoms with E-state index in [-0.39, 0.29) is 19.6 Å². The number of carbonyl (C=O) groups is 1. The molecule has 4 N–H and O–H groups in total. The van der Waals surface area contributed by atoms with Gasteiger partial charge in [-0.15, -0.1) is 0 Å². The van der Waals surface area contributed by atoms with Crippen molar-refractivity contribution in [1.82, 2.24) is 0 Å². The van der Waals surface area contributed by atoms with Crippen LogP contribution in [0, 0.1) is 0 Å². The first-order valence-electron chi connectivity index (χ1n) is 24.9. The molecular formula is C48H92O12S. The normalized spacial score (nSPS) is 20.1. The standard InChI is InChI=1S/C48H92O12S/c1-3-5-7-9-11-13-15-16-17-18-19-20-21-22-23-24-25-26-28-30-32-34-36-38-56-40-42(58-44(50)37-35-33-31-29-27-14-12-10-8-6-4-2)41-57-48-46(52)47(60-61(53,54)55)45(51)43(39-49)59-48/h10,12,42-43,45-49,51-52H,3-9,11,13-41H2,1-2H3,(H,53,54,55)/b12-10-. The zero-order chi connectivity index (χ0) is 44.7. The highest BCUT2D eigenvalue weighted by molar-refractivity contribution is 7.80. The van der Waals surface area contributed by atoms with Crippen molar-refractivity contribution < 1.29 is 56.2 Å². The molecule has 1 fully saturated rings. The minimum absolute atomic E-state index is 0.0383. The number of rotatable bonds is 44. The lowest BCUT2D eigenvalue weighted by atomic mass is 9.99. The minimum atomic E-state index is -5.06. The predicted octanol–water partition coefficient (Wildman–Crippen LogP) is 11.0. The highest BCUT2D eigenvalue weighted by Gasteiger charge is 2.48. The Balaban J connectivity index is 2.29. The Morgan fingerprint density at radius 3 is 1.52 bits per heavy atom. The van der Waals surface area contributed by atoms with Gasteiger partial charge in [0.25, 0.3) is 0 Å². The smallest absolute Gasteiger partial charge is 0.397 e. The van der Waals surface area contributed by atoms with Crippen LogP contribution >= 0.6 is 0 Å². The largest absolute Gasteiger partial charge is 0.457 e. The first kappa shape index (κ1) is 57.9. The lowest BCUT2D eigenvalue weighted by molar-refractivity contribution is -0.301. The average Bonchev–Trinajstić information content (AvgIpc) is 3.23. The van der Waals surface area contributed by atoms with Crippen LogP contribution in [0.15, 0.2) is 12.2 Å². The second-order valence-electron chi connectivity index (χ2n) is 17.4. The zero-order valence-electron chi connectivity index (χ0n) is 38.7. The van der Waals surface area contributed by atoms with E-state index in [2.05, 4.69) is 30.2 Å². The summed E-state index contributed by atoms with van der Waals surface area (Å²) in [5, 5.41) is 30.7. The Morgan fingerprint density at radius 2 is 1.05 bits per heavy atom. The lowest BCUT2D eigenvalue weighted by Crippen LogP contribution is -2.60. The van der Waals surface area contributed by atoms with Gasteiger partial charge >= 0.3 is 16.4 Å². The molecule has 13 heteroatoms. The van der Waals surface area contributed by atoms with Crippen LogP contribution < -0.4 is 0 Å². The Bertz CT molecular complexity index is 1120. The van der Waals surface area contributed by atoms with Crippen molar-refractivity contribution in [3.05, 3.63) is 12.2 Å². The van der Waals surface area contributed by atoms with E-state index in [9.17, 15) is 28.5 Å². The molecule has 0 bridgehead atoms. The summed E-state index contributed by atoms with van der Waals surface area (Å²) in [6, 6.07) is 0. The maximum absolute atomic E-state index is 12.8. The van der Waals surface area contributed by atoms with Gasteiger partial charge in [-0.2, -0.15) is 8.42 Å². The first-order chi connectivity index (χ1) is 29.6. The van der Waals surface area contributed by atoms with E-state index in [1.807, 2.05) is 0 Å². The van der Waals surface area contributed by atoms with E-state index >= 15 is 0 Å². The second kappa shape index (κ2) is 40.4. The molecule has 1 rings (SSSR count). The van der Waals surface area contributed by atoms with E-state index in [1.165, 1.54) is 141 Å². The van der Waals surface area contributed by atoms with Gasteiger partial charge in [-0.3, -0.25) is 9.35 Å². The average molecular weight is 893 g/mol. The Labute approximate surface area is 372 Å². The van der Waals surface area contributed by atoms with Gasteiger partial charge < -0.3 is 34.3 Å². The third-order valence-corrected chi connectivity index (χ3v) is 12.1. The summed E-state index contributed by atoms with van der Waals surface area (Å²) < 4.78 is 59.1. The van der Waals surface area contributed by atoms with Crippen molar-refractivity contribution >= 4 is 16.4 Å². The number of ether oxygens (including phenoxy) is 4. The van der Waals surface area contributed by atoms with Crippen LogP contribution in [-0.2, 0) is 38.3 Å². The van der Waals surface area contributed by atoms with E-state index < -0.39 is 59.8 Å². The van der Waals surface area contributed by atoms with Gasteiger partial charge in [0.1, 0.15) is 30.5 Å². The molecule has 12 nitrogen and oxygen atoms in total. The van der Waals surface area contributed by atoms with Gasteiger partial charge in [0.05, 0.1) is 19.8 Å². The van der Waals surface area contributed by atoms with Crippen molar-refractivity contribution in [2.45, 2.75) is 263 Å². The van der Waals surface area contributed by atoms with Crippen LogP contribution in [0.4, 0.5) is 0 Å². The number of carbonyl (C=O) groups excluding carboxylic acids is 1. The molecule has 362 valence electrons. The summed E-state index contributed by atoms with van der Waals surface area (Å²) in [5.41, 5.74) is 0.